The van der Waals surface area contributed by atoms with Gasteiger partial charge in [-0.25, -0.2) is 9.50 Å². The molecule has 20 heavy (non-hydrogen) atoms. The highest BCUT2D eigenvalue weighted by Gasteiger charge is 2.53. The first-order chi connectivity index (χ1) is 9.49. The number of hydrogen-bond acceptors (Lipinski definition) is 6. The number of fused-ring (bicyclic) bond motifs is 1. The molecule has 1 unspecified atom stereocenters. The molecule has 3 rings (SSSR count). The molecule has 0 bridgehead atoms. The third-order valence-electron chi connectivity index (χ3n) is 4.03. The molecule has 2 aromatic heterocycles. The molecule has 3 N–H and O–H groups in total. The molecule has 7 nitrogen and oxygen atoms in total. The maximum atomic E-state index is 10.8. The average Bonchev–Trinajstić information content (AvgIpc) is 2.96. The maximum Gasteiger partial charge on any atom is 0.215 e. The average molecular weight is 279 g/mol. The highest BCUT2D eigenvalue weighted by molar-refractivity contribution is 5.52. The number of ether oxygens (including phenoxy) is 1. The van der Waals surface area contributed by atoms with Crippen LogP contribution >= 0.6 is 0 Å². The van der Waals surface area contributed by atoms with Gasteiger partial charge in [-0.15, -0.1) is 0 Å². The Morgan fingerprint density at radius 1 is 1.45 bits per heavy atom. The van der Waals surface area contributed by atoms with E-state index >= 15 is 0 Å². The van der Waals surface area contributed by atoms with Crippen molar-refractivity contribution in [1.29, 1.82) is 0 Å². The van der Waals surface area contributed by atoms with Crippen LogP contribution in [0, 0.1) is 12.8 Å². The monoisotopic (exact) mass is 279 g/mol. The van der Waals surface area contributed by atoms with Gasteiger partial charge < -0.3 is 20.1 Å². The van der Waals surface area contributed by atoms with Gasteiger partial charge in [-0.2, -0.15) is 5.10 Å². The van der Waals surface area contributed by atoms with Crippen molar-refractivity contribution >= 4 is 5.52 Å². The number of rotatable bonds is 2. The van der Waals surface area contributed by atoms with Crippen LogP contribution in [0.5, 0.6) is 0 Å². The maximum absolute atomic E-state index is 10.8. The highest BCUT2D eigenvalue weighted by atomic mass is 16.7. The van der Waals surface area contributed by atoms with Crippen molar-refractivity contribution in [2.45, 2.75) is 31.8 Å². The number of aryl methyl sites for hydroxylation is 1. The standard InChI is InChI=1S/C13H17N3O4/c1-7-12(18)10(5-17)20-13(7,19)11-4-3-9-8(2)14-6-15-16(9)11/h3-4,6-7,10,12,17-19H,5H2,1-2H3/t7-,10+,12-,13?/m0/s1. The minimum Gasteiger partial charge on any atom is -0.394 e. The predicted molar refractivity (Wildman–Crippen MR) is 68.8 cm³/mol. The summed E-state index contributed by atoms with van der Waals surface area (Å²) in [6.07, 6.45) is -0.364. The SMILES string of the molecule is Cc1ncnn2c(C3(O)O[C@H](CO)[C@@H](O)[C@@H]3C)ccc12. The summed E-state index contributed by atoms with van der Waals surface area (Å²) in [5.41, 5.74) is 1.95. The first-order valence-corrected chi connectivity index (χ1v) is 6.48. The third-order valence-corrected chi connectivity index (χ3v) is 4.03. The second-order valence-corrected chi connectivity index (χ2v) is 5.18. The lowest BCUT2D eigenvalue weighted by Gasteiger charge is -2.26. The van der Waals surface area contributed by atoms with Crippen molar-refractivity contribution in [3.8, 4) is 0 Å². The Bertz CT molecular complexity index is 644. The van der Waals surface area contributed by atoms with Gasteiger partial charge in [0.25, 0.3) is 0 Å². The molecule has 0 aromatic carbocycles. The van der Waals surface area contributed by atoms with Gasteiger partial charge in [0, 0.05) is 5.92 Å². The van der Waals surface area contributed by atoms with Gasteiger partial charge in [0.05, 0.1) is 23.9 Å². The summed E-state index contributed by atoms with van der Waals surface area (Å²) in [5, 5.41) is 34.2. The molecule has 4 atom stereocenters. The Morgan fingerprint density at radius 2 is 2.20 bits per heavy atom. The van der Waals surface area contributed by atoms with Gasteiger partial charge in [-0.05, 0) is 19.1 Å². The number of aromatic nitrogens is 3. The van der Waals surface area contributed by atoms with Gasteiger partial charge in [0.1, 0.15) is 18.1 Å². The molecule has 7 heteroatoms. The Hall–Kier alpha value is -1.54. The zero-order valence-electron chi connectivity index (χ0n) is 11.3. The van der Waals surface area contributed by atoms with Crippen molar-refractivity contribution in [2.75, 3.05) is 6.61 Å². The van der Waals surface area contributed by atoms with E-state index in [1.54, 1.807) is 23.6 Å². The van der Waals surface area contributed by atoms with Crippen molar-refractivity contribution in [1.82, 2.24) is 14.6 Å². The van der Waals surface area contributed by atoms with E-state index in [4.69, 9.17) is 4.74 Å². The number of nitrogens with zero attached hydrogens (tertiary/aromatic N) is 3. The van der Waals surface area contributed by atoms with E-state index in [0.717, 1.165) is 11.2 Å². The molecule has 0 amide bonds. The van der Waals surface area contributed by atoms with Crippen LogP contribution in [0.25, 0.3) is 5.52 Å². The third kappa shape index (κ3) is 1.68. The van der Waals surface area contributed by atoms with Crippen molar-refractivity contribution in [2.24, 2.45) is 5.92 Å². The van der Waals surface area contributed by atoms with Crippen molar-refractivity contribution in [3.05, 3.63) is 29.8 Å². The Kier molecular flexibility index (Phi) is 3.02. The van der Waals surface area contributed by atoms with Crippen LogP contribution < -0.4 is 0 Å². The Morgan fingerprint density at radius 3 is 2.85 bits per heavy atom. The van der Waals surface area contributed by atoms with Gasteiger partial charge in [-0.3, -0.25) is 0 Å². The normalized spacial score (nSPS) is 34.0. The quantitative estimate of drug-likeness (QED) is 0.690. The zero-order chi connectivity index (χ0) is 14.5. The van der Waals surface area contributed by atoms with E-state index in [1.807, 2.05) is 6.92 Å². The van der Waals surface area contributed by atoms with Crippen LogP contribution in [-0.2, 0) is 10.5 Å². The molecule has 108 valence electrons. The van der Waals surface area contributed by atoms with E-state index in [9.17, 15) is 15.3 Å². The molecule has 0 aliphatic carbocycles. The summed E-state index contributed by atoms with van der Waals surface area (Å²) in [6.45, 7) is 3.16. The molecule has 1 saturated heterocycles. The number of hydrogen-bond donors (Lipinski definition) is 3. The second kappa shape index (κ2) is 4.49. The van der Waals surface area contributed by atoms with Crippen LogP contribution in [0.15, 0.2) is 18.5 Å². The molecular weight excluding hydrogens is 262 g/mol. The van der Waals surface area contributed by atoms with Crippen LogP contribution in [0.4, 0.5) is 0 Å². The summed E-state index contributed by atoms with van der Waals surface area (Å²) >= 11 is 0. The van der Waals surface area contributed by atoms with Crippen LogP contribution in [0.2, 0.25) is 0 Å². The molecule has 1 aliphatic rings. The first kappa shape index (κ1) is 13.4. The number of aliphatic hydroxyl groups is 3. The molecule has 3 heterocycles. The lowest BCUT2D eigenvalue weighted by molar-refractivity contribution is -0.226. The lowest BCUT2D eigenvalue weighted by Crippen LogP contribution is -2.35. The van der Waals surface area contributed by atoms with E-state index in [1.165, 1.54) is 6.33 Å². The minimum absolute atomic E-state index is 0.356. The fraction of sp³-hybridized carbons (Fsp3) is 0.538. The summed E-state index contributed by atoms with van der Waals surface area (Å²) < 4.78 is 7.04. The molecule has 1 aliphatic heterocycles. The Labute approximate surface area is 115 Å². The second-order valence-electron chi connectivity index (χ2n) is 5.18. The molecular formula is C13H17N3O4. The molecule has 0 spiro atoms. The first-order valence-electron chi connectivity index (χ1n) is 6.48. The molecule has 2 aromatic rings. The van der Waals surface area contributed by atoms with Gasteiger partial charge >= 0.3 is 0 Å². The summed E-state index contributed by atoms with van der Waals surface area (Å²) in [5.74, 6) is -2.28. The zero-order valence-corrected chi connectivity index (χ0v) is 11.3. The fourth-order valence-corrected chi connectivity index (χ4v) is 2.73. The van der Waals surface area contributed by atoms with Crippen LogP contribution in [-0.4, -0.2) is 48.7 Å². The predicted octanol–water partition coefficient (Wildman–Crippen LogP) is -0.429. The van der Waals surface area contributed by atoms with Crippen molar-refractivity contribution in [3.63, 3.8) is 0 Å². The van der Waals surface area contributed by atoms with E-state index in [2.05, 4.69) is 10.1 Å². The van der Waals surface area contributed by atoms with E-state index in [-0.39, 0.29) is 6.61 Å². The van der Waals surface area contributed by atoms with Crippen molar-refractivity contribution < 1.29 is 20.1 Å². The Balaban J connectivity index is 2.13. The van der Waals surface area contributed by atoms with Gasteiger partial charge in [0.2, 0.25) is 5.79 Å². The highest BCUT2D eigenvalue weighted by Crippen LogP contribution is 2.42. The number of aliphatic hydroxyl groups excluding tert-OH is 2. The topological polar surface area (TPSA) is 100 Å². The smallest absolute Gasteiger partial charge is 0.215 e. The molecule has 1 fully saturated rings. The largest absolute Gasteiger partial charge is 0.394 e. The minimum atomic E-state index is -1.69. The fourth-order valence-electron chi connectivity index (χ4n) is 2.73. The summed E-state index contributed by atoms with van der Waals surface area (Å²) in [4.78, 5) is 4.09. The van der Waals surface area contributed by atoms with Gasteiger partial charge in [-0.1, -0.05) is 6.92 Å². The van der Waals surface area contributed by atoms with E-state index in [0.29, 0.717) is 5.69 Å². The van der Waals surface area contributed by atoms with Crippen LogP contribution in [0.1, 0.15) is 18.3 Å². The lowest BCUT2D eigenvalue weighted by atomic mass is 9.93. The van der Waals surface area contributed by atoms with Gasteiger partial charge in [0.15, 0.2) is 0 Å². The van der Waals surface area contributed by atoms with E-state index < -0.39 is 23.9 Å². The summed E-state index contributed by atoms with van der Waals surface area (Å²) in [6, 6.07) is 3.48. The summed E-state index contributed by atoms with van der Waals surface area (Å²) in [7, 11) is 0. The van der Waals surface area contributed by atoms with Crippen LogP contribution in [0.3, 0.4) is 0 Å². The molecule has 0 saturated carbocycles. The molecule has 0 radical (unpaired) electrons.